The van der Waals surface area contributed by atoms with E-state index in [2.05, 4.69) is 71.8 Å². The summed E-state index contributed by atoms with van der Waals surface area (Å²) in [5.41, 5.74) is 7.11. The van der Waals surface area contributed by atoms with Gasteiger partial charge in [0, 0.05) is 66.2 Å². The van der Waals surface area contributed by atoms with Gasteiger partial charge in [0.05, 0.1) is 11.3 Å². The van der Waals surface area contributed by atoms with Gasteiger partial charge in [-0.05, 0) is 56.4 Å². The van der Waals surface area contributed by atoms with E-state index in [4.69, 9.17) is 0 Å². The predicted octanol–water partition coefficient (Wildman–Crippen LogP) is 9.08. The fourth-order valence-electron chi connectivity index (χ4n) is 5.51. The minimum absolute atomic E-state index is 0. The van der Waals surface area contributed by atoms with E-state index in [1.165, 1.54) is 33.4 Å². The van der Waals surface area contributed by atoms with Crippen LogP contribution in [-0.2, 0) is 24.9 Å². The van der Waals surface area contributed by atoms with E-state index in [9.17, 15) is 9.90 Å². The molecule has 0 bridgehead atoms. The second-order valence-corrected chi connectivity index (χ2v) is 10.1. The van der Waals surface area contributed by atoms with Crippen molar-refractivity contribution in [2.24, 2.45) is 11.8 Å². The maximum Gasteiger partial charge on any atom is 0.162 e. The summed E-state index contributed by atoms with van der Waals surface area (Å²) >= 11 is 0. The number of carbonyl (C=O) groups is 1. The van der Waals surface area contributed by atoms with Crippen molar-refractivity contribution >= 4 is 44.0 Å². The molecule has 207 valence electrons. The molecule has 0 aliphatic heterocycles. The number of benzene rings is 2. The maximum absolute atomic E-state index is 11.7. The Kier molecular flexibility index (Phi) is 10.5. The Hall–Kier alpha value is -3.01. The molecule has 0 atom stereocenters. The number of aliphatic hydroxyl groups is 1. The summed E-state index contributed by atoms with van der Waals surface area (Å²) in [5, 5.41) is 13.4. The van der Waals surface area contributed by atoms with E-state index >= 15 is 0 Å². The number of aromatic nitrogens is 2. The van der Waals surface area contributed by atoms with Crippen LogP contribution in [0.1, 0.15) is 64.5 Å². The van der Waals surface area contributed by atoms with Gasteiger partial charge in [0.1, 0.15) is 0 Å². The smallest absolute Gasteiger partial charge is 0.162 e. The number of carbonyl (C=O) groups excluding carboxylic acids is 1. The monoisotopic (exact) mass is 700 g/mol. The van der Waals surface area contributed by atoms with Gasteiger partial charge < -0.3 is 14.5 Å². The number of fused-ring (bicyclic) bond motifs is 8. The maximum atomic E-state index is 11.7. The summed E-state index contributed by atoms with van der Waals surface area (Å²) in [6.07, 6.45) is 6.77. The average Bonchev–Trinajstić information content (AvgIpc) is 3.23. The Morgan fingerprint density at radius 2 is 1.54 bits per heavy atom. The minimum Gasteiger partial charge on any atom is -0.512 e. The zero-order valence-electron chi connectivity index (χ0n) is 23.8. The second kappa shape index (κ2) is 13.4. The molecule has 0 aliphatic carbocycles. The van der Waals surface area contributed by atoms with Gasteiger partial charge in [0.25, 0.3) is 0 Å². The van der Waals surface area contributed by atoms with Crippen LogP contribution in [0.2, 0.25) is 0 Å². The van der Waals surface area contributed by atoms with Gasteiger partial charge in [0.15, 0.2) is 5.78 Å². The molecule has 0 amide bonds. The Morgan fingerprint density at radius 3 is 2.21 bits per heavy atom. The zero-order chi connectivity index (χ0) is 27.4. The molecule has 39 heavy (non-hydrogen) atoms. The normalized spacial score (nSPS) is 11.8. The van der Waals surface area contributed by atoms with Crippen molar-refractivity contribution < 1.29 is 30.0 Å². The molecule has 0 spiro atoms. The van der Waals surface area contributed by atoms with Crippen LogP contribution in [0.15, 0.2) is 66.6 Å². The first-order valence-electron chi connectivity index (χ1n) is 13.9. The van der Waals surface area contributed by atoms with Gasteiger partial charge in [-0.2, -0.15) is 0 Å². The number of pyridine rings is 2. The molecule has 3 aromatic heterocycles. The van der Waals surface area contributed by atoms with E-state index in [-0.39, 0.29) is 43.5 Å². The third kappa shape index (κ3) is 5.95. The van der Waals surface area contributed by atoms with Crippen molar-refractivity contribution in [3.05, 3.63) is 83.8 Å². The number of rotatable bonds is 7. The third-order valence-corrected chi connectivity index (χ3v) is 7.82. The number of nitrogens with zero attached hydrogens (tertiary/aromatic N) is 2. The van der Waals surface area contributed by atoms with Crippen LogP contribution in [0.25, 0.3) is 38.2 Å². The molecule has 5 aromatic rings. The number of ketones is 1. The van der Waals surface area contributed by atoms with Crippen molar-refractivity contribution in [2.45, 2.75) is 67.2 Å². The first-order valence-corrected chi connectivity index (χ1v) is 13.9. The molecule has 0 saturated heterocycles. The molecule has 0 aliphatic rings. The molecule has 3 heterocycles. The Labute approximate surface area is 245 Å². The number of aryl methyl sites for hydroxylation is 2. The van der Waals surface area contributed by atoms with E-state index in [0.717, 1.165) is 47.7 Å². The third-order valence-electron chi connectivity index (χ3n) is 7.82. The summed E-state index contributed by atoms with van der Waals surface area (Å²) in [6, 6.07) is 20.6. The van der Waals surface area contributed by atoms with Crippen molar-refractivity contribution in [1.29, 1.82) is 0 Å². The van der Waals surface area contributed by atoms with Crippen molar-refractivity contribution in [3.8, 4) is 0 Å². The largest absolute Gasteiger partial charge is 0.512 e. The van der Waals surface area contributed by atoms with Gasteiger partial charge >= 0.3 is 0 Å². The standard InChI is InChI=1S/C21H15N2.C13H24O2.Ir/c1-13-9-10-16-17(12-13)20-19(8-5-11-22-20)23-18-7-4-3-6-15(18)14(2)21(16)23;1-5-10(6-2)12(14)9-13(15)11(7-3)8-4;/h3-11H,1-2H3;9-11,14H,5-8H2,1-4H3;/q-1;;/b;12-9-;. The summed E-state index contributed by atoms with van der Waals surface area (Å²) in [6.45, 7) is 12.4. The summed E-state index contributed by atoms with van der Waals surface area (Å²) in [5.74, 6) is 0.547. The molecule has 0 fully saturated rings. The Balaban J connectivity index is 0.000000233. The molecule has 0 unspecified atom stereocenters. The molecule has 4 nitrogen and oxygen atoms in total. The second-order valence-electron chi connectivity index (χ2n) is 10.1. The summed E-state index contributed by atoms with van der Waals surface area (Å²) in [7, 11) is 0. The van der Waals surface area contributed by atoms with Gasteiger partial charge in [-0.1, -0.05) is 58.2 Å². The Bertz CT molecular complexity index is 1630. The van der Waals surface area contributed by atoms with E-state index in [1.807, 2.05) is 40.0 Å². The van der Waals surface area contributed by atoms with Crippen LogP contribution >= 0.6 is 0 Å². The van der Waals surface area contributed by atoms with Crippen LogP contribution in [0.5, 0.6) is 0 Å². The summed E-state index contributed by atoms with van der Waals surface area (Å²) in [4.78, 5) is 16.4. The van der Waals surface area contributed by atoms with Gasteiger partial charge in [-0.3, -0.25) is 4.79 Å². The SMILES string of the molecule is CCC(CC)C(=O)/C=C(\O)C(CC)CC.Cc1[c-]c2c(cc1)c1c(C)c3ccccc3n1c1cccnc21.[Ir]. The number of para-hydroxylation sites is 1. The molecule has 1 N–H and O–H groups in total. The van der Waals surface area contributed by atoms with Gasteiger partial charge in [0.2, 0.25) is 0 Å². The first kappa shape index (κ1) is 30.5. The summed E-state index contributed by atoms with van der Waals surface area (Å²) < 4.78 is 2.35. The number of hydrogen-bond acceptors (Lipinski definition) is 3. The quantitative estimate of drug-likeness (QED) is 0.0799. The van der Waals surface area contributed by atoms with E-state index in [0.29, 0.717) is 0 Å². The zero-order valence-corrected chi connectivity index (χ0v) is 26.2. The number of hydrogen-bond donors (Lipinski definition) is 1. The fraction of sp³-hybridized carbons (Fsp3) is 0.353. The van der Waals surface area contributed by atoms with Crippen LogP contribution < -0.4 is 0 Å². The molecule has 2 aromatic carbocycles. The number of allylic oxidation sites excluding steroid dienone is 2. The number of aliphatic hydroxyl groups excluding tert-OH is 1. The molecule has 1 radical (unpaired) electrons. The van der Waals surface area contributed by atoms with E-state index < -0.39 is 0 Å². The average molecular weight is 700 g/mol. The van der Waals surface area contributed by atoms with Crippen LogP contribution in [0, 0.1) is 31.7 Å². The molecular weight excluding hydrogens is 661 g/mol. The van der Waals surface area contributed by atoms with E-state index in [1.54, 1.807) is 0 Å². The first-order chi connectivity index (χ1) is 18.4. The molecule has 0 saturated carbocycles. The predicted molar refractivity (Wildman–Crippen MR) is 160 cm³/mol. The van der Waals surface area contributed by atoms with Crippen LogP contribution in [-0.4, -0.2) is 20.3 Å². The van der Waals surface area contributed by atoms with Crippen LogP contribution in [0.4, 0.5) is 0 Å². The molecule has 5 rings (SSSR count). The van der Waals surface area contributed by atoms with Gasteiger partial charge in [-0.25, -0.2) is 0 Å². The topological polar surface area (TPSA) is 54.6 Å². The van der Waals surface area contributed by atoms with Gasteiger partial charge in [-0.15, -0.1) is 29.1 Å². The minimum atomic E-state index is 0. The molecule has 5 heteroatoms. The van der Waals surface area contributed by atoms with Crippen molar-refractivity contribution in [1.82, 2.24) is 9.38 Å². The Morgan fingerprint density at radius 1 is 0.897 bits per heavy atom. The van der Waals surface area contributed by atoms with Crippen LogP contribution in [0.3, 0.4) is 0 Å². The van der Waals surface area contributed by atoms with Crippen molar-refractivity contribution in [3.63, 3.8) is 0 Å². The molecular formula is C34H39IrN2O2-. The fourth-order valence-corrected chi connectivity index (χ4v) is 5.51. The van der Waals surface area contributed by atoms with Crippen molar-refractivity contribution in [2.75, 3.05) is 0 Å².